The van der Waals surface area contributed by atoms with Gasteiger partial charge in [-0.25, -0.2) is 0 Å². The van der Waals surface area contributed by atoms with Gasteiger partial charge in [-0.1, -0.05) is 23.7 Å². The minimum absolute atomic E-state index is 0.0422. The second-order valence-electron chi connectivity index (χ2n) is 3.64. The molecular formula is C11H13ClO2. The van der Waals surface area contributed by atoms with Gasteiger partial charge in [-0.3, -0.25) is 0 Å². The van der Waals surface area contributed by atoms with Crippen LogP contribution in [0.3, 0.4) is 0 Å². The van der Waals surface area contributed by atoms with Gasteiger partial charge in [-0.15, -0.1) is 0 Å². The molecule has 0 radical (unpaired) electrons. The van der Waals surface area contributed by atoms with Gasteiger partial charge in [0.05, 0.1) is 18.2 Å². The molecule has 0 aliphatic heterocycles. The van der Waals surface area contributed by atoms with E-state index in [1.165, 1.54) is 12.8 Å². The molecule has 0 atom stereocenters. The summed E-state index contributed by atoms with van der Waals surface area (Å²) in [5.74, 6) is 1.40. The molecule has 0 saturated heterocycles. The van der Waals surface area contributed by atoms with Crippen molar-refractivity contribution in [1.29, 1.82) is 0 Å². The highest BCUT2D eigenvalue weighted by molar-refractivity contribution is 6.32. The SMILES string of the molecule is OCc1cccc(OCC2CC2)c1Cl. The molecule has 1 aliphatic rings. The number of benzene rings is 1. The molecule has 0 bridgehead atoms. The third-order valence-corrected chi connectivity index (χ3v) is 2.81. The molecule has 1 aliphatic carbocycles. The number of rotatable bonds is 4. The summed E-state index contributed by atoms with van der Waals surface area (Å²) in [4.78, 5) is 0. The second-order valence-corrected chi connectivity index (χ2v) is 4.02. The molecule has 3 heteroatoms. The molecule has 1 aromatic rings. The van der Waals surface area contributed by atoms with Gasteiger partial charge >= 0.3 is 0 Å². The first-order valence-corrected chi connectivity index (χ1v) is 5.20. The minimum Gasteiger partial charge on any atom is -0.492 e. The molecule has 2 rings (SSSR count). The lowest BCUT2D eigenvalue weighted by atomic mass is 10.2. The molecule has 1 saturated carbocycles. The number of aliphatic hydroxyl groups is 1. The smallest absolute Gasteiger partial charge is 0.138 e. The van der Waals surface area contributed by atoms with E-state index in [1.54, 1.807) is 6.07 Å². The van der Waals surface area contributed by atoms with Crippen molar-refractivity contribution < 1.29 is 9.84 Å². The van der Waals surface area contributed by atoms with Crippen molar-refractivity contribution in [2.75, 3.05) is 6.61 Å². The maximum atomic E-state index is 8.99. The van der Waals surface area contributed by atoms with Crippen molar-refractivity contribution >= 4 is 11.6 Å². The highest BCUT2D eigenvalue weighted by Crippen LogP contribution is 2.32. The van der Waals surface area contributed by atoms with Gasteiger partial charge in [0.2, 0.25) is 0 Å². The van der Waals surface area contributed by atoms with Gasteiger partial charge in [-0.2, -0.15) is 0 Å². The first-order chi connectivity index (χ1) is 6.81. The van der Waals surface area contributed by atoms with E-state index in [4.69, 9.17) is 21.4 Å². The summed E-state index contributed by atoms with van der Waals surface area (Å²) in [5.41, 5.74) is 0.722. The van der Waals surface area contributed by atoms with Gasteiger partial charge in [0.25, 0.3) is 0 Å². The Morgan fingerprint density at radius 3 is 2.86 bits per heavy atom. The van der Waals surface area contributed by atoms with Crippen molar-refractivity contribution in [2.45, 2.75) is 19.4 Å². The first kappa shape index (κ1) is 9.81. The molecule has 14 heavy (non-hydrogen) atoms. The van der Waals surface area contributed by atoms with Crippen LogP contribution in [0.15, 0.2) is 18.2 Å². The van der Waals surface area contributed by atoms with Crippen molar-refractivity contribution in [2.24, 2.45) is 5.92 Å². The Morgan fingerprint density at radius 1 is 1.43 bits per heavy atom. The van der Waals surface area contributed by atoms with Crippen LogP contribution in [0.5, 0.6) is 5.75 Å². The van der Waals surface area contributed by atoms with E-state index in [2.05, 4.69) is 0 Å². The Bertz CT molecular complexity index is 321. The van der Waals surface area contributed by atoms with Crippen molar-refractivity contribution in [3.05, 3.63) is 28.8 Å². The summed E-state index contributed by atoms with van der Waals surface area (Å²) in [6.07, 6.45) is 2.52. The van der Waals surface area contributed by atoms with Crippen LogP contribution in [0.4, 0.5) is 0 Å². The van der Waals surface area contributed by atoms with Crippen molar-refractivity contribution in [1.82, 2.24) is 0 Å². The fourth-order valence-corrected chi connectivity index (χ4v) is 1.52. The van der Waals surface area contributed by atoms with Crippen LogP contribution in [-0.2, 0) is 6.61 Å². The largest absolute Gasteiger partial charge is 0.492 e. The fraction of sp³-hybridized carbons (Fsp3) is 0.455. The Balaban J connectivity index is 2.06. The number of hydrogen-bond donors (Lipinski definition) is 1. The van der Waals surface area contributed by atoms with Crippen LogP contribution in [0, 0.1) is 5.92 Å². The Hall–Kier alpha value is -0.730. The van der Waals surface area contributed by atoms with E-state index in [9.17, 15) is 0 Å². The number of halogens is 1. The fourth-order valence-electron chi connectivity index (χ4n) is 1.28. The molecule has 0 spiro atoms. The van der Waals surface area contributed by atoms with Crippen molar-refractivity contribution in [3.8, 4) is 5.75 Å². The van der Waals surface area contributed by atoms with Crippen LogP contribution in [-0.4, -0.2) is 11.7 Å². The van der Waals surface area contributed by atoms with E-state index < -0.39 is 0 Å². The lowest BCUT2D eigenvalue weighted by Gasteiger charge is -2.09. The predicted octanol–water partition coefficient (Wildman–Crippen LogP) is 2.62. The van der Waals surface area contributed by atoms with Crippen LogP contribution >= 0.6 is 11.6 Å². The van der Waals surface area contributed by atoms with Gasteiger partial charge in [0.15, 0.2) is 0 Å². The summed E-state index contributed by atoms with van der Waals surface area (Å²) < 4.78 is 5.56. The lowest BCUT2D eigenvalue weighted by molar-refractivity contribution is 0.277. The summed E-state index contributed by atoms with van der Waals surface area (Å²) in [6.45, 7) is 0.702. The summed E-state index contributed by atoms with van der Waals surface area (Å²) >= 11 is 6.03. The monoisotopic (exact) mass is 212 g/mol. The summed E-state index contributed by atoms with van der Waals surface area (Å²) in [7, 11) is 0. The minimum atomic E-state index is -0.0422. The highest BCUT2D eigenvalue weighted by Gasteiger charge is 2.22. The van der Waals surface area contributed by atoms with E-state index in [-0.39, 0.29) is 6.61 Å². The van der Waals surface area contributed by atoms with Crippen LogP contribution in [0.1, 0.15) is 18.4 Å². The molecular weight excluding hydrogens is 200 g/mol. The molecule has 0 amide bonds. The zero-order chi connectivity index (χ0) is 9.97. The molecule has 0 aromatic heterocycles. The quantitative estimate of drug-likeness (QED) is 0.832. The van der Waals surface area contributed by atoms with Crippen LogP contribution < -0.4 is 4.74 Å². The van der Waals surface area contributed by atoms with E-state index in [1.807, 2.05) is 12.1 Å². The Kier molecular flexibility index (Phi) is 2.94. The average Bonchev–Trinajstić information content (AvgIpc) is 3.00. The molecule has 2 nitrogen and oxygen atoms in total. The third kappa shape index (κ3) is 2.20. The number of ether oxygens (including phenoxy) is 1. The van der Waals surface area contributed by atoms with Crippen LogP contribution in [0.25, 0.3) is 0 Å². The van der Waals surface area contributed by atoms with Gasteiger partial charge in [0, 0.05) is 0 Å². The van der Waals surface area contributed by atoms with Gasteiger partial charge < -0.3 is 9.84 Å². The normalized spacial score (nSPS) is 15.6. The van der Waals surface area contributed by atoms with E-state index in [0.29, 0.717) is 16.7 Å². The second kappa shape index (κ2) is 4.20. The zero-order valence-corrected chi connectivity index (χ0v) is 8.63. The molecule has 0 heterocycles. The molecule has 1 fully saturated rings. The molecule has 1 aromatic carbocycles. The van der Waals surface area contributed by atoms with Gasteiger partial charge in [-0.05, 0) is 30.4 Å². The lowest BCUT2D eigenvalue weighted by Crippen LogP contribution is -2.00. The predicted molar refractivity (Wildman–Crippen MR) is 55.6 cm³/mol. The number of aliphatic hydroxyl groups excluding tert-OH is 1. The average molecular weight is 213 g/mol. The third-order valence-electron chi connectivity index (χ3n) is 2.39. The maximum Gasteiger partial charge on any atom is 0.138 e. The Morgan fingerprint density at radius 2 is 2.21 bits per heavy atom. The highest BCUT2D eigenvalue weighted by atomic mass is 35.5. The first-order valence-electron chi connectivity index (χ1n) is 4.82. The molecule has 0 unspecified atom stereocenters. The standard InChI is InChI=1S/C11H13ClO2/c12-11-9(6-13)2-1-3-10(11)14-7-8-4-5-8/h1-3,8,13H,4-7H2. The van der Waals surface area contributed by atoms with Crippen LogP contribution in [0.2, 0.25) is 5.02 Å². The number of hydrogen-bond acceptors (Lipinski definition) is 2. The zero-order valence-electron chi connectivity index (χ0n) is 7.87. The Labute approximate surface area is 88.5 Å². The maximum absolute atomic E-state index is 8.99. The molecule has 1 N–H and O–H groups in total. The van der Waals surface area contributed by atoms with Crippen molar-refractivity contribution in [3.63, 3.8) is 0 Å². The van der Waals surface area contributed by atoms with E-state index in [0.717, 1.165) is 12.2 Å². The molecule has 76 valence electrons. The topological polar surface area (TPSA) is 29.5 Å². The van der Waals surface area contributed by atoms with E-state index >= 15 is 0 Å². The summed E-state index contributed by atoms with van der Waals surface area (Å²) in [5, 5.41) is 9.53. The summed E-state index contributed by atoms with van der Waals surface area (Å²) in [6, 6.07) is 5.48. The van der Waals surface area contributed by atoms with Gasteiger partial charge in [0.1, 0.15) is 5.75 Å².